The van der Waals surface area contributed by atoms with Crippen molar-refractivity contribution >= 4 is 28.2 Å². The third-order valence-corrected chi connectivity index (χ3v) is 5.78. The van der Waals surface area contributed by atoms with Gasteiger partial charge < -0.3 is 5.32 Å². The van der Waals surface area contributed by atoms with Crippen LogP contribution in [0, 0.1) is 0 Å². The molecule has 1 saturated carbocycles. The second-order valence-corrected chi connectivity index (χ2v) is 7.88. The van der Waals surface area contributed by atoms with E-state index in [9.17, 15) is 4.79 Å². The van der Waals surface area contributed by atoms with Gasteiger partial charge in [-0.25, -0.2) is 4.98 Å². The Morgan fingerprint density at radius 3 is 2.81 bits per heavy atom. The number of nitrogens with zero attached hydrogens (tertiary/aromatic N) is 5. The number of carbonyl (C=O) groups is 1. The van der Waals surface area contributed by atoms with Crippen LogP contribution in [0.15, 0.2) is 23.7 Å². The van der Waals surface area contributed by atoms with Crippen molar-refractivity contribution in [3.05, 3.63) is 29.4 Å². The van der Waals surface area contributed by atoms with Crippen molar-refractivity contribution in [2.24, 2.45) is 0 Å². The first-order valence-electron chi connectivity index (χ1n) is 9.20. The molecule has 0 aromatic carbocycles. The number of rotatable bonds is 6. The minimum atomic E-state index is 0.101. The Hall–Kier alpha value is -2.06. The van der Waals surface area contributed by atoms with E-state index in [2.05, 4.69) is 25.8 Å². The van der Waals surface area contributed by atoms with Crippen LogP contribution in [0.3, 0.4) is 0 Å². The van der Waals surface area contributed by atoms with Gasteiger partial charge in [0, 0.05) is 50.2 Å². The van der Waals surface area contributed by atoms with Gasteiger partial charge in [0.2, 0.25) is 5.91 Å². The highest BCUT2D eigenvalue weighted by Gasteiger charge is 2.33. The summed E-state index contributed by atoms with van der Waals surface area (Å²) in [7, 11) is 0. The zero-order valence-corrected chi connectivity index (χ0v) is 15.8. The number of nitrogens with one attached hydrogen (secondary N) is 1. The van der Waals surface area contributed by atoms with E-state index in [0.29, 0.717) is 12.1 Å². The van der Waals surface area contributed by atoms with Crippen LogP contribution in [0.25, 0.3) is 0 Å². The van der Waals surface area contributed by atoms with Crippen LogP contribution in [-0.4, -0.2) is 51.2 Å². The van der Waals surface area contributed by atoms with Crippen LogP contribution >= 0.6 is 11.3 Å². The molecule has 138 valence electrons. The fraction of sp³-hybridized carbons (Fsp3) is 0.556. The summed E-state index contributed by atoms with van der Waals surface area (Å²) in [5.41, 5.74) is 1.07. The fourth-order valence-electron chi connectivity index (χ4n) is 3.41. The van der Waals surface area contributed by atoms with Crippen molar-refractivity contribution in [1.29, 1.82) is 0 Å². The van der Waals surface area contributed by atoms with Crippen molar-refractivity contribution in [1.82, 2.24) is 20.1 Å². The summed E-state index contributed by atoms with van der Waals surface area (Å²) in [6, 6.07) is 4.67. The van der Waals surface area contributed by atoms with E-state index in [0.717, 1.165) is 62.0 Å². The molecule has 2 fully saturated rings. The van der Waals surface area contributed by atoms with Crippen molar-refractivity contribution in [3.8, 4) is 0 Å². The van der Waals surface area contributed by atoms with Gasteiger partial charge in [-0.15, -0.1) is 16.4 Å². The van der Waals surface area contributed by atoms with Crippen LogP contribution in [0.1, 0.15) is 38.3 Å². The fourth-order valence-corrected chi connectivity index (χ4v) is 4.34. The van der Waals surface area contributed by atoms with E-state index in [4.69, 9.17) is 4.98 Å². The predicted octanol–water partition coefficient (Wildman–Crippen LogP) is 2.52. The molecule has 1 aliphatic carbocycles. The summed E-state index contributed by atoms with van der Waals surface area (Å²) >= 11 is 1.58. The third kappa shape index (κ3) is 4.19. The molecule has 0 bridgehead atoms. The number of aromatic nitrogens is 3. The summed E-state index contributed by atoms with van der Waals surface area (Å²) in [4.78, 5) is 20.9. The number of hydrogen-bond donors (Lipinski definition) is 1. The van der Waals surface area contributed by atoms with Gasteiger partial charge in [-0.1, -0.05) is 0 Å². The number of hydrogen-bond acceptors (Lipinski definition) is 7. The molecule has 1 aliphatic heterocycles. The van der Waals surface area contributed by atoms with Gasteiger partial charge in [-0.3, -0.25) is 14.6 Å². The highest BCUT2D eigenvalue weighted by atomic mass is 32.1. The van der Waals surface area contributed by atoms with Crippen LogP contribution in [-0.2, 0) is 11.3 Å². The molecule has 0 unspecified atom stereocenters. The summed E-state index contributed by atoms with van der Waals surface area (Å²) in [6.45, 7) is 4.55. The average Bonchev–Trinajstić information content (AvgIpc) is 3.36. The van der Waals surface area contributed by atoms with E-state index >= 15 is 0 Å². The SMILES string of the molecule is CC(=O)N(c1nc(CN2CCC(Nc3cccnn3)CC2)cs1)C1CC1. The molecular formula is C18H24N6OS. The topological polar surface area (TPSA) is 74.2 Å². The van der Waals surface area contributed by atoms with Gasteiger partial charge in [0.1, 0.15) is 5.82 Å². The van der Waals surface area contributed by atoms with Crippen molar-refractivity contribution in [2.75, 3.05) is 23.3 Å². The minimum Gasteiger partial charge on any atom is -0.366 e. The summed E-state index contributed by atoms with van der Waals surface area (Å²) in [5, 5.41) is 14.4. The van der Waals surface area contributed by atoms with Crippen molar-refractivity contribution in [3.63, 3.8) is 0 Å². The molecule has 3 heterocycles. The monoisotopic (exact) mass is 372 g/mol. The lowest BCUT2D eigenvalue weighted by molar-refractivity contribution is -0.116. The molecule has 1 saturated heterocycles. The maximum absolute atomic E-state index is 11.9. The van der Waals surface area contributed by atoms with Crippen molar-refractivity contribution < 1.29 is 4.79 Å². The molecule has 7 nitrogen and oxygen atoms in total. The number of amides is 1. The zero-order chi connectivity index (χ0) is 17.9. The quantitative estimate of drug-likeness (QED) is 0.840. The van der Waals surface area contributed by atoms with E-state index in [1.807, 2.05) is 17.0 Å². The van der Waals surface area contributed by atoms with Crippen LogP contribution in [0.5, 0.6) is 0 Å². The predicted molar refractivity (Wildman–Crippen MR) is 102 cm³/mol. The lowest BCUT2D eigenvalue weighted by Gasteiger charge is -2.32. The van der Waals surface area contributed by atoms with Gasteiger partial charge in [0.05, 0.1) is 5.69 Å². The van der Waals surface area contributed by atoms with Crippen molar-refractivity contribution in [2.45, 2.75) is 51.2 Å². The molecule has 1 amide bonds. The smallest absolute Gasteiger partial charge is 0.225 e. The standard InChI is InChI=1S/C18H24N6OS/c1-13(25)24(16-4-5-16)18-21-15(12-26-18)11-23-9-6-14(7-10-23)20-17-3-2-8-19-22-17/h2-3,8,12,14,16H,4-7,9-11H2,1H3,(H,20,22). The Balaban J connectivity index is 1.29. The van der Waals surface area contributed by atoms with Gasteiger partial charge in [-0.2, -0.15) is 5.10 Å². The van der Waals surface area contributed by atoms with E-state index in [-0.39, 0.29) is 5.91 Å². The molecule has 0 radical (unpaired) electrons. The molecular weight excluding hydrogens is 348 g/mol. The summed E-state index contributed by atoms with van der Waals surface area (Å²) < 4.78 is 0. The molecule has 26 heavy (non-hydrogen) atoms. The lowest BCUT2D eigenvalue weighted by atomic mass is 10.0. The first kappa shape index (κ1) is 17.4. The number of likely N-dealkylation sites (tertiary alicyclic amines) is 1. The minimum absolute atomic E-state index is 0.101. The van der Waals surface area contributed by atoms with E-state index < -0.39 is 0 Å². The molecule has 4 rings (SSSR count). The Kier molecular flexibility index (Phi) is 5.12. The second kappa shape index (κ2) is 7.67. The summed E-state index contributed by atoms with van der Waals surface area (Å²) in [6.07, 6.45) is 6.04. The normalized spacial score (nSPS) is 18.7. The third-order valence-electron chi connectivity index (χ3n) is 4.89. The first-order valence-corrected chi connectivity index (χ1v) is 10.1. The molecule has 2 aromatic rings. The number of piperidine rings is 1. The van der Waals surface area contributed by atoms with Gasteiger partial charge >= 0.3 is 0 Å². The lowest BCUT2D eigenvalue weighted by Crippen LogP contribution is -2.39. The number of thiazole rings is 1. The van der Waals surface area contributed by atoms with Crippen LogP contribution in [0.4, 0.5) is 10.9 Å². The van der Waals surface area contributed by atoms with E-state index in [1.54, 1.807) is 24.5 Å². The molecule has 8 heteroatoms. The van der Waals surface area contributed by atoms with Crippen LogP contribution in [0.2, 0.25) is 0 Å². The Morgan fingerprint density at radius 2 is 2.15 bits per heavy atom. The van der Waals surface area contributed by atoms with Gasteiger partial charge in [-0.05, 0) is 37.8 Å². The number of carbonyl (C=O) groups excluding carboxylic acids is 1. The Bertz CT molecular complexity index is 739. The Morgan fingerprint density at radius 1 is 1.35 bits per heavy atom. The molecule has 2 aliphatic rings. The maximum atomic E-state index is 11.9. The maximum Gasteiger partial charge on any atom is 0.225 e. The number of anilines is 2. The second-order valence-electron chi connectivity index (χ2n) is 7.05. The summed E-state index contributed by atoms with van der Waals surface area (Å²) in [5.74, 6) is 0.948. The first-order chi connectivity index (χ1) is 12.7. The molecule has 2 aromatic heterocycles. The zero-order valence-electron chi connectivity index (χ0n) is 15.0. The molecule has 0 spiro atoms. The largest absolute Gasteiger partial charge is 0.366 e. The van der Waals surface area contributed by atoms with Gasteiger partial charge in [0.25, 0.3) is 0 Å². The molecule has 0 atom stereocenters. The molecule has 1 N–H and O–H groups in total. The van der Waals surface area contributed by atoms with E-state index in [1.165, 1.54) is 0 Å². The Labute approximate surface area is 157 Å². The highest BCUT2D eigenvalue weighted by molar-refractivity contribution is 7.14. The van der Waals surface area contributed by atoms with Gasteiger partial charge in [0.15, 0.2) is 5.13 Å². The highest BCUT2D eigenvalue weighted by Crippen LogP contribution is 2.33. The van der Waals surface area contributed by atoms with Crippen LogP contribution < -0.4 is 10.2 Å². The average molecular weight is 372 g/mol.